The molecular weight excluding hydrogens is 368 g/mol. The zero-order chi connectivity index (χ0) is 20.1. The lowest BCUT2D eigenvalue weighted by molar-refractivity contribution is 0.440. The molecule has 1 N–H and O–H groups in total. The highest BCUT2D eigenvalue weighted by atomic mass is 32.2. The molecule has 28 heavy (non-hydrogen) atoms. The molecule has 0 radical (unpaired) electrons. The highest BCUT2D eigenvalue weighted by Crippen LogP contribution is 2.34. The smallest absolute Gasteiger partial charge is 0.243 e. The third-order valence-electron chi connectivity index (χ3n) is 5.59. The Morgan fingerprint density at radius 1 is 1.00 bits per heavy atom. The molecule has 0 amide bonds. The van der Waals surface area contributed by atoms with Gasteiger partial charge in [-0.05, 0) is 56.9 Å². The van der Waals surface area contributed by atoms with E-state index in [2.05, 4.69) is 30.1 Å². The van der Waals surface area contributed by atoms with Crippen molar-refractivity contribution in [3.63, 3.8) is 0 Å². The number of para-hydroxylation sites is 1. The van der Waals surface area contributed by atoms with Crippen LogP contribution in [0.5, 0.6) is 0 Å². The van der Waals surface area contributed by atoms with Crippen molar-refractivity contribution >= 4 is 26.5 Å². The van der Waals surface area contributed by atoms with E-state index in [9.17, 15) is 8.42 Å². The molecule has 146 valence electrons. The number of aryl methyl sites for hydroxylation is 4. The average molecular weight is 395 g/mol. The summed E-state index contributed by atoms with van der Waals surface area (Å²) in [7, 11) is -3.50. The van der Waals surface area contributed by atoms with Crippen molar-refractivity contribution in [3.8, 4) is 0 Å². The third-order valence-corrected chi connectivity index (χ3v) is 7.76. The number of fused-ring (bicyclic) bond motifs is 1. The van der Waals surface area contributed by atoms with Crippen LogP contribution in [0.25, 0.3) is 16.5 Å². The summed E-state index contributed by atoms with van der Waals surface area (Å²) >= 11 is 0. The fourth-order valence-corrected chi connectivity index (χ4v) is 6.28. The zero-order valence-electron chi connectivity index (χ0n) is 16.8. The van der Waals surface area contributed by atoms with Crippen molar-refractivity contribution in [2.75, 3.05) is 13.1 Å². The first-order valence-electron chi connectivity index (χ1n) is 9.64. The molecule has 1 aliphatic heterocycles. The van der Waals surface area contributed by atoms with Gasteiger partial charge in [-0.2, -0.15) is 4.31 Å². The second kappa shape index (κ2) is 6.90. The van der Waals surface area contributed by atoms with Gasteiger partial charge in [0.15, 0.2) is 0 Å². The number of nitrogens with zero attached hydrogens (tertiary/aromatic N) is 1. The van der Waals surface area contributed by atoms with Crippen molar-refractivity contribution in [2.45, 2.75) is 39.0 Å². The Labute approximate surface area is 166 Å². The standard InChI is InChI=1S/C23H26N2O2S/c1-15-13-16(2)23(17(3)14-15)28(26,27)25-11-9-19(10-12-25)22-18(4)24-21-8-6-5-7-20(21)22/h5-9,13-14,24H,10-12H2,1-4H3. The number of benzene rings is 2. The number of sulfonamides is 1. The van der Waals surface area contributed by atoms with E-state index < -0.39 is 10.0 Å². The predicted octanol–water partition coefficient (Wildman–Crippen LogP) is 4.88. The number of nitrogens with one attached hydrogen (secondary N) is 1. The van der Waals surface area contributed by atoms with Crippen LogP contribution >= 0.6 is 0 Å². The normalized spacial score (nSPS) is 15.8. The van der Waals surface area contributed by atoms with Gasteiger partial charge in [0.1, 0.15) is 0 Å². The van der Waals surface area contributed by atoms with Crippen molar-refractivity contribution in [3.05, 3.63) is 70.4 Å². The van der Waals surface area contributed by atoms with Crippen LogP contribution in [-0.4, -0.2) is 30.8 Å². The Hall–Kier alpha value is -2.37. The van der Waals surface area contributed by atoms with Gasteiger partial charge in [0, 0.05) is 35.2 Å². The molecule has 0 atom stereocenters. The fraction of sp³-hybridized carbons (Fsp3) is 0.304. The van der Waals surface area contributed by atoms with Crippen LogP contribution in [0.15, 0.2) is 47.4 Å². The summed E-state index contributed by atoms with van der Waals surface area (Å²) in [5, 5.41) is 1.20. The maximum Gasteiger partial charge on any atom is 0.243 e. The van der Waals surface area contributed by atoms with Gasteiger partial charge in [-0.25, -0.2) is 8.42 Å². The molecule has 2 heterocycles. The van der Waals surface area contributed by atoms with E-state index in [0.717, 1.165) is 27.9 Å². The number of H-pyrrole nitrogens is 1. The van der Waals surface area contributed by atoms with E-state index in [4.69, 9.17) is 0 Å². The molecule has 0 unspecified atom stereocenters. The SMILES string of the molecule is Cc1cc(C)c(S(=O)(=O)N2CC=C(c3c(C)[nH]c4ccccc34)CC2)c(C)c1. The van der Waals surface area contributed by atoms with Crippen LogP contribution in [0.3, 0.4) is 0 Å². The van der Waals surface area contributed by atoms with Crippen molar-refractivity contribution in [1.82, 2.24) is 9.29 Å². The van der Waals surface area contributed by atoms with Crippen LogP contribution in [0.2, 0.25) is 0 Å². The van der Waals surface area contributed by atoms with Crippen LogP contribution in [0.1, 0.15) is 34.4 Å². The first-order chi connectivity index (χ1) is 13.3. The Morgan fingerprint density at radius 2 is 1.68 bits per heavy atom. The Kier molecular flexibility index (Phi) is 4.68. The molecule has 0 aliphatic carbocycles. The lowest BCUT2D eigenvalue weighted by Crippen LogP contribution is -2.35. The van der Waals surface area contributed by atoms with Crippen LogP contribution in [0.4, 0.5) is 0 Å². The van der Waals surface area contributed by atoms with Crippen LogP contribution in [0, 0.1) is 27.7 Å². The largest absolute Gasteiger partial charge is 0.358 e. The first-order valence-corrected chi connectivity index (χ1v) is 11.1. The molecule has 1 aromatic heterocycles. The summed E-state index contributed by atoms with van der Waals surface area (Å²) in [6.45, 7) is 8.75. The summed E-state index contributed by atoms with van der Waals surface area (Å²) in [6.07, 6.45) is 2.79. The molecule has 0 spiro atoms. The van der Waals surface area contributed by atoms with Gasteiger partial charge in [-0.1, -0.05) is 42.0 Å². The molecule has 0 bridgehead atoms. The molecule has 1 aliphatic rings. The molecule has 5 heteroatoms. The minimum absolute atomic E-state index is 0.406. The number of hydrogen-bond donors (Lipinski definition) is 1. The van der Waals surface area contributed by atoms with Gasteiger partial charge < -0.3 is 4.98 Å². The molecule has 0 saturated carbocycles. The predicted molar refractivity (Wildman–Crippen MR) is 115 cm³/mol. The van der Waals surface area contributed by atoms with Crippen molar-refractivity contribution in [2.24, 2.45) is 0 Å². The first kappa shape index (κ1) is 19.0. The van der Waals surface area contributed by atoms with Gasteiger partial charge in [0.2, 0.25) is 10.0 Å². The topological polar surface area (TPSA) is 53.2 Å². The van der Waals surface area contributed by atoms with E-state index in [1.807, 2.05) is 45.0 Å². The van der Waals surface area contributed by atoms with E-state index in [-0.39, 0.29) is 0 Å². The highest BCUT2D eigenvalue weighted by Gasteiger charge is 2.30. The summed E-state index contributed by atoms with van der Waals surface area (Å²) < 4.78 is 28.2. The molecule has 0 saturated heterocycles. The molecule has 2 aromatic carbocycles. The molecular formula is C23H26N2O2S. The number of hydrogen-bond acceptors (Lipinski definition) is 2. The monoisotopic (exact) mass is 394 g/mol. The van der Waals surface area contributed by atoms with Crippen molar-refractivity contribution < 1.29 is 8.42 Å². The van der Waals surface area contributed by atoms with Gasteiger partial charge in [-0.15, -0.1) is 0 Å². The summed E-state index contributed by atoms with van der Waals surface area (Å²) in [5.74, 6) is 0. The van der Waals surface area contributed by atoms with Gasteiger partial charge in [0.05, 0.1) is 4.90 Å². The number of aromatic amines is 1. The second-order valence-electron chi connectivity index (χ2n) is 7.74. The number of aromatic nitrogens is 1. The Bertz CT molecular complexity index is 1180. The summed E-state index contributed by atoms with van der Waals surface area (Å²) in [5.41, 5.74) is 7.42. The quantitative estimate of drug-likeness (QED) is 0.688. The highest BCUT2D eigenvalue weighted by molar-refractivity contribution is 7.89. The maximum absolute atomic E-state index is 13.3. The zero-order valence-corrected chi connectivity index (χ0v) is 17.7. The summed E-state index contributed by atoms with van der Waals surface area (Å²) in [6, 6.07) is 12.2. The van der Waals surface area contributed by atoms with Gasteiger partial charge >= 0.3 is 0 Å². The van der Waals surface area contributed by atoms with E-state index in [1.165, 1.54) is 16.5 Å². The number of rotatable bonds is 3. The second-order valence-corrected chi connectivity index (χ2v) is 9.62. The fourth-order valence-electron chi connectivity index (χ4n) is 4.49. The minimum Gasteiger partial charge on any atom is -0.358 e. The summed E-state index contributed by atoms with van der Waals surface area (Å²) in [4.78, 5) is 3.90. The average Bonchev–Trinajstić information content (AvgIpc) is 2.96. The van der Waals surface area contributed by atoms with Crippen LogP contribution < -0.4 is 0 Å². The molecule has 3 aromatic rings. The lowest BCUT2D eigenvalue weighted by atomic mass is 9.97. The molecule has 4 nitrogen and oxygen atoms in total. The molecule has 0 fully saturated rings. The van der Waals surface area contributed by atoms with E-state index in [0.29, 0.717) is 24.4 Å². The van der Waals surface area contributed by atoms with Gasteiger partial charge in [-0.3, -0.25) is 0 Å². The maximum atomic E-state index is 13.3. The molecule has 4 rings (SSSR count). The lowest BCUT2D eigenvalue weighted by Gasteiger charge is -2.27. The third kappa shape index (κ3) is 3.09. The van der Waals surface area contributed by atoms with Crippen molar-refractivity contribution in [1.29, 1.82) is 0 Å². The Morgan fingerprint density at radius 3 is 2.32 bits per heavy atom. The van der Waals surface area contributed by atoms with E-state index in [1.54, 1.807) is 4.31 Å². The Balaban J connectivity index is 1.68. The van der Waals surface area contributed by atoms with E-state index >= 15 is 0 Å². The minimum atomic E-state index is -3.50. The van der Waals surface area contributed by atoms with Gasteiger partial charge in [0.25, 0.3) is 0 Å². The van der Waals surface area contributed by atoms with Crippen LogP contribution in [-0.2, 0) is 10.0 Å².